The number of rotatable bonds is 1. The van der Waals surface area contributed by atoms with Crippen molar-refractivity contribution in [3.05, 3.63) is 27.7 Å². The Labute approximate surface area is 94.7 Å². The minimum atomic E-state index is -0.312. The maximum atomic E-state index is 11.3. The lowest BCUT2D eigenvalue weighted by Gasteiger charge is -2.14. The maximum absolute atomic E-state index is 11.3. The Hall–Kier alpha value is -0.740. The zero-order valence-electron chi connectivity index (χ0n) is 7.17. The van der Waals surface area contributed by atoms with E-state index >= 15 is 0 Å². The first-order valence-electron chi connectivity index (χ1n) is 4.08. The number of carbonyl (C=O) groups excluding carboxylic acids is 1. The Morgan fingerprint density at radius 2 is 2.29 bits per heavy atom. The first kappa shape index (κ1) is 9.80. The number of nitrogens with zero attached hydrogens (tertiary/aromatic N) is 1. The highest BCUT2D eigenvalue weighted by molar-refractivity contribution is 9.10. The van der Waals surface area contributed by atoms with Crippen LogP contribution in [-0.4, -0.2) is 19.2 Å². The van der Waals surface area contributed by atoms with Crippen molar-refractivity contribution < 1.29 is 9.53 Å². The van der Waals surface area contributed by atoms with Crippen molar-refractivity contribution in [2.75, 3.05) is 18.1 Å². The fourth-order valence-corrected chi connectivity index (χ4v) is 2.21. The summed E-state index contributed by atoms with van der Waals surface area (Å²) in [6, 6.07) is 5.29. The molecule has 74 valence electrons. The fraction of sp³-hybridized carbons (Fsp3) is 0.222. The quantitative estimate of drug-likeness (QED) is 0.789. The topological polar surface area (TPSA) is 29.5 Å². The number of benzene rings is 1. The van der Waals surface area contributed by atoms with Crippen LogP contribution in [0.25, 0.3) is 0 Å². The van der Waals surface area contributed by atoms with Gasteiger partial charge in [-0.1, -0.05) is 11.6 Å². The number of carbonyl (C=O) groups is 1. The molecule has 0 bridgehead atoms. The molecular formula is C9H7BrClNO2. The van der Waals surface area contributed by atoms with E-state index in [-0.39, 0.29) is 6.09 Å². The van der Waals surface area contributed by atoms with Crippen molar-refractivity contribution in [3.63, 3.8) is 0 Å². The van der Waals surface area contributed by atoms with Gasteiger partial charge >= 0.3 is 6.09 Å². The van der Waals surface area contributed by atoms with Gasteiger partial charge in [0, 0.05) is 9.50 Å². The predicted molar refractivity (Wildman–Crippen MR) is 57.8 cm³/mol. The minimum Gasteiger partial charge on any atom is -0.447 e. The smallest absolute Gasteiger partial charge is 0.414 e. The largest absolute Gasteiger partial charge is 0.447 e. The summed E-state index contributed by atoms with van der Waals surface area (Å²) in [4.78, 5) is 12.8. The van der Waals surface area contributed by atoms with E-state index in [2.05, 4.69) is 15.9 Å². The zero-order chi connectivity index (χ0) is 10.1. The molecule has 14 heavy (non-hydrogen) atoms. The van der Waals surface area contributed by atoms with Gasteiger partial charge in [-0.05, 0) is 34.1 Å². The number of ether oxygens (including phenoxy) is 1. The van der Waals surface area contributed by atoms with Gasteiger partial charge in [-0.2, -0.15) is 0 Å². The lowest BCUT2D eigenvalue weighted by atomic mass is 10.3. The van der Waals surface area contributed by atoms with Crippen molar-refractivity contribution in [1.29, 1.82) is 0 Å². The van der Waals surface area contributed by atoms with Crippen molar-refractivity contribution in [2.45, 2.75) is 0 Å². The molecule has 0 aromatic heterocycles. The lowest BCUT2D eigenvalue weighted by molar-refractivity contribution is 0.181. The van der Waals surface area contributed by atoms with Gasteiger partial charge in [-0.3, -0.25) is 4.90 Å². The molecule has 0 spiro atoms. The van der Waals surface area contributed by atoms with Crippen LogP contribution in [0.4, 0.5) is 10.5 Å². The van der Waals surface area contributed by atoms with Crippen molar-refractivity contribution in [1.82, 2.24) is 0 Å². The molecule has 0 N–H and O–H groups in total. The Bertz CT molecular complexity index is 383. The molecule has 0 aliphatic carbocycles. The summed E-state index contributed by atoms with van der Waals surface area (Å²) in [6.45, 7) is 1.02. The maximum Gasteiger partial charge on any atom is 0.414 e. The molecule has 1 fully saturated rings. The van der Waals surface area contributed by atoms with E-state index in [0.717, 1.165) is 10.2 Å². The van der Waals surface area contributed by atoms with E-state index in [9.17, 15) is 4.79 Å². The van der Waals surface area contributed by atoms with E-state index < -0.39 is 0 Å². The molecule has 1 heterocycles. The minimum absolute atomic E-state index is 0.312. The zero-order valence-corrected chi connectivity index (χ0v) is 9.51. The van der Waals surface area contributed by atoms with E-state index in [4.69, 9.17) is 16.3 Å². The van der Waals surface area contributed by atoms with Crippen LogP contribution in [0.1, 0.15) is 0 Å². The van der Waals surface area contributed by atoms with Crippen LogP contribution < -0.4 is 4.90 Å². The number of cyclic esters (lactones) is 1. The van der Waals surface area contributed by atoms with Crippen LogP contribution in [0.15, 0.2) is 22.7 Å². The number of anilines is 1. The molecule has 1 aliphatic rings. The van der Waals surface area contributed by atoms with Crippen molar-refractivity contribution in [2.24, 2.45) is 0 Å². The van der Waals surface area contributed by atoms with Gasteiger partial charge in [0.2, 0.25) is 0 Å². The van der Waals surface area contributed by atoms with Gasteiger partial charge in [0.25, 0.3) is 0 Å². The first-order valence-corrected chi connectivity index (χ1v) is 5.25. The Balaban J connectivity index is 2.36. The van der Waals surface area contributed by atoms with Crippen LogP contribution in [-0.2, 0) is 4.74 Å². The standard InChI is InChI=1S/C9H7BrClNO2/c10-7-5-6(11)1-2-8(7)12-3-4-14-9(12)13/h1-2,5H,3-4H2. The van der Waals surface area contributed by atoms with Crippen molar-refractivity contribution >= 4 is 39.3 Å². The Morgan fingerprint density at radius 1 is 1.50 bits per heavy atom. The molecule has 1 aromatic carbocycles. The van der Waals surface area contributed by atoms with Gasteiger partial charge in [-0.15, -0.1) is 0 Å². The summed E-state index contributed by atoms with van der Waals surface area (Å²) in [5.41, 5.74) is 0.789. The molecule has 1 aromatic rings. The average molecular weight is 277 g/mol. The molecule has 1 amide bonds. The summed E-state index contributed by atoms with van der Waals surface area (Å²) in [7, 11) is 0. The van der Waals surface area contributed by atoms with E-state index in [1.807, 2.05) is 0 Å². The van der Waals surface area contributed by atoms with Crippen LogP contribution in [0.5, 0.6) is 0 Å². The van der Waals surface area contributed by atoms with Crippen LogP contribution >= 0.6 is 27.5 Å². The molecule has 1 aliphatic heterocycles. The van der Waals surface area contributed by atoms with Gasteiger partial charge < -0.3 is 4.74 Å². The summed E-state index contributed by atoms with van der Waals surface area (Å²) in [5, 5.41) is 0.633. The highest BCUT2D eigenvalue weighted by atomic mass is 79.9. The summed E-state index contributed by atoms with van der Waals surface area (Å²) in [6.07, 6.45) is -0.312. The molecule has 3 nitrogen and oxygen atoms in total. The lowest BCUT2D eigenvalue weighted by Crippen LogP contribution is -2.23. The van der Waals surface area contributed by atoms with Gasteiger partial charge in [0.05, 0.1) is 12.2 Å². The molecule has 5 heteroatoms. The Morgan fingerprint density at radius 3 is 2.86 bits per heavy atom. The van der Waals surface area contributed by atoms with Crippen LogP contribution in [0, 0.1) is 0 Å². The number of hydrogen-bond acceptors (Lipinski definition) is 2. The van der Waals surface area contributed by atoms with Crippen LogP contribution in [0.2, 0.25) is 5.02 Å². The summed E-state index contributed by atoms with van der Waals surface area (Å²) in [5.74, 6) is 0. The summed E-state index contributed by atoms with van der Waals surface area (Å²) >= 11 is 9.15. The average Bonchev–Trinajstić information content (AvgIpc) is 2.52. The van der Waals surface area contributed by atoms with Crippen molar-refractivity contribution in [3.8, 4) is 0 Å². The van der Waals surface area contributed by atoms with Gasteiger partial charge in [-0.25, -0.2) is 4.79 Å². The van der Waals surface area contributed by atoms with Gasteiger partial charge in [0.15, 0.2) is 0 Å². The fourth-order valence-electron chi connectivity index (χ4n) is 1.31. The third kappa shape index (κ3) is 1.72. The van der Waals surface area contributed by atoms with Crippen LogP contribution in [0.3, 0.4) is 0 Å². The second-order valence-electron chi connectivity index (χ2n) is 2.86. The van der Waals surface area contributed by atoms with E-state index in [1.165, 1.54) is 0 Å². The number of halogens is 2. The third-order valence-electron chi connectivity index (χ3n) is 1.96. The highest BCUT2D eigenvalue weighted by Gasteiger charge is 2.24. The second-order valence-corrected chi connectivity index (χ2v) is 4.15. The monoisotopic (exact) mass is 275 g/mol. The number of hydrogen-bond donors (Lipinski definition) is 0. The normalized spacial score (nSPS) is 15.9. The molecule has 0 saturated carbocycles. The molecule has 1 saturated heterocycles. The SMILES string of the molecule is O=C1OCCN1c1ccc(Cl)cc1Br. The summed E-state index contributed by atoms with van der Waals surface area (Å²) < 4.78 is 5.63. The second kappa shape index (κ2) is 3.79. The molecule has 0 atom stereocenters. The predicted octanol–water partition coefficient (Wildman–Crippen LogP) is 3.06. The van der Waals surface area contributed by atoms with Gasteiger partial charge in [0.1, 0.15) is 6.61 Å². The molecule has 2 rings (SSSR count). The van der Waals surface area contributed by atoms with E-state index in [0.29, 0.717) is 18.2 Å². The first-order chi connectivity index (χ1) is 6.68. The third-order valence-corrected chi connectivity index (χ3v) is 2.83. The van der Waals surface area contributed by atoms with E-state index in [1.54, 1.807) is 23.1 Å². The molecule has 0 radical (unpaired) electrons. The molecular weight excluding hydrogens is 269 g/mol. The molecule has 0 unspecified atom stereocenters. The number of amides is 1. The highest BCUT2D eigenvalue weighted by Crippen LogP contribution is 2.30. The Kier molecular flexibility index (Phi) is 2.65.